The molecule has 0 aromatic heterocycles. The van der Waals surface area contributed by atoms with Crippen LogP contribution in [0.25, 0.3) is 0 Å². The first-order chi connectivity index (χ1) is 7.04. The van der Waals surface area contributed by atoms with Crippen LogP contribution >= 0.6 is 0 Å². The Hall–Kier alpha value is -1.35. The number of ether oxygens (including phenoxy) is 1. The van der Waals surface area contributed by atoms with Crippen LogP contribution in [0.1, 0.15) is 18.1 Å². The van der Waals surface area contributed by atoms with E-state index in [4.69, 9.17) is 10.5 Å². The summed E-state index contributed by atoms with van der Waals surface area (Å²) in [6.07, 6.45) is 0.583. The third kappa shape index (κ3) is 3.06. The molecule has 0 saturated carbocycles. The third-order valence-corrected chi connectivity index (χ3v) is 2.44. The first kappa shape index (κ1) is 11.7. The summed E-state index contributed by atoms with van der Waals surface area (Å²) in [5.41, 5.74) is 7.81. The monoisotopic (exact) mass is 207 g/mol. The van der Waals surface area contributed by atoms with Gasteiger partial charge in [0.2, 0.25) is 0 Å². The maximum absolute atomic E-state index is 11.0. The van der Waals surface area contributed by atoms with Crippen molar-refractivity contribution in [3.05, 3.63) is 29.3 Å². The van der Waals surface area contributed by atoms with E-state index in [1.165, 1.54) is 6.92 Å². The third-order valence-electron chi connectivity index (χ3n) is 2.44. The van der Waals surface area contributed by atoms with Gasteiger partial charge in [-0.15, -0.1) is 0 Å². The summed E-state index contributed by atoms with van der Waals surface area (Å²) in [5, 5.41) is 0. The summed E-state index contributed by atoms with van der Waals surface area (Å²) >= 11 is 0. The number of ketones is 1. The van der Waals surface area contributed by atoms with Gasteiger partial charge in [-0.05, 0) is 37.5 Å². The fourth-order valence-electron chi connectivity index (χ4n) is 1.47. The summed E-state index contributed by atoms with van der Waals surface area (Å²) in [7, 11) is 1.64. The van der Waals surface area contributed by atoms with E-state index >= 15 is 0 Å². The van der Waals surface area contributed by atoms with Crippen molar-refractivity contribution in [2.45, 2.75) is 26.3 Å². The number of rotatable bonds is 4. The van der Waals surface area contributed by atoms with Crippen LogP contribution in [0.5, 0.6) is 5.75 Å². The van der Waals surface area contributed by atoms with E-state index in [0.717, 1.165) is 16.9 Å². The molecular formula is C12H17NO2. The molecule has 1 rings (SSSR count). The molecule has 15 heavy (non-hydrogen) atoms. The molecule has 0 spiro atoms. The number of Topliss-reactive ketones (excluding diaryl/α,β-unsaturated/α-hetero) is 1. The SMILES string of the molecule is COc1ccc(C[C@H](N)C(C)=O)cc1C. The number of hydrogen-bond donors (Lipinski definition) is 1. The quantitative estimate of drug-likeness (QED) is 0.813. The number of carbonyl (C=O) groups excluding carboxylic acids is 1. The van der Waals surface area contributed by atoms with E-state index in [1.807, 2.05) is 25.1 Å². The minimum atomic E-state index is -0.405. The lowest BCUT2D eigenvalue weighted by Crippen LogP contribution is -2.30. The fourth-order valence-corrected chi connectivity index (χ4v) is 1.47. The van der Waals surface area contributed by atoms with Crippen molar-refractivity contribution < 1.29 is 9.53 Å². The maximum atomic E-state index is 11.0. The lowest BCUT2D eigenvalue weighted by molar-refractivity contribution is -0.118. The van der Waals surface area contributed by atoms with Crippen molar-refractivity contribution in [1.29, 1.82) is 0 Å². The average Bonchev–Trinajstić information content (AvgIpc) is 2.18. The molecule has 0 fully saturated rings. The van der Waals surface area contributed by atoms with Gasteiger partial charge in [-0.25, -0.2) is 0 Å². The Morgan fingerprint density at radius 2 is 2.20 bits per heavy atom. The van der Waals surface area contributed by atoms with Gasteiger partial charge >= 0.3 is 0 Å². The smallest absolute Gasteiger partial charge is 0.146 e. The summed E-state index contributed by atoms with van der Waals surface area (Å²) in [6.45, 7) is 3.49. The Morgan fingerprint density at radius 1 is 1.53 bits per heavy atom. The zero-order valence-electron chi connectivity index (χ0n) is 9.41. The number of aryl methyl sites for hydroxylation is 1. The molecule has 0 aliphatic carbocycles. The standard InChI is InChI=1S/C12H17NO2/c1-8-6-10(4-5-12(8)15-3)7-11(13)9(2)14/h4-6,11H,7,13H2,1-3H3/t11-/m0/s1. The first-order valence-corrected chi connectivity index (χ1v) is 4.94. The fraction of sp³-hybridized carbons (Fsp3) is 0.417. The van der Waals surface area contributed by atoms with Crippen molar-refractivity contribution in [1.82, 2.24) is 0 Å². The molecule has 3 heteroatoms. The van der Waals surface area contributed by atoms with Crippen LogP contribution in [0.3, 0.4) is 0 Å². The predicted molar refractivity (Wildman–Crippen MR) is 60.1 cm³/mol. The molecule has 0 bridgehead atoms. The highest BCUT2D eigenvalue weighted by atomic mass is 16.5. The maximum Gasteiger partial charge on any atom is 0.146 e. The van der Waals surface area contributed by atoms with Gasteiger partial charge in [-0.2, -0.15) is 0 Å². The van der Waals surface area contributed by atoms with Crippen molar-refractivity contribution in [3.8, 4) is 5.75 Å². The minimum absolute atomic E-state index is 0.0171. The van der Waals surface area contributed by atoms with Gasteiger partial charge in [0.1, 0.15) is 11.5 Å². The van der Waals surface area contributed by atoms with Crippen LogP contribution < -0.4 is 10.5 Å². The minimum Gasteiger partial charge on any atom is -0.496 e. The number of carbonyl (C=O) groups is 1. The van der Waals surface area contributed by atoms with Crippen LogP contribution in [0.2, 0.25) is 0 Å². The Balaban J connectivity index is 2.79. The second-order valence-corrected chi connectivity index (χ2v) is 3.73. The Kier molecular flexibility index (Phi) is 3.86. The molecule has 0 heterocycles. The largest absolute Gasteiger partial charge is 0.496 e. The number of hydrogen-bond acceptors (Lipinski definition) is 3. The highest BCUT2D eigenvalue weighted by molar-refractivity contribution is 5.81. The lowest BCUT2D eigenvalue weighted by atomic mass is 10.0. The van der Waals surface area contributed by atoms with Gasteiger partial charge in [0.05, 0.1) is 13.2 Å². The van der Waals surface area contributed by atoms with E-state index in [9.17, 15) is 4.79 Å². The van der Waals surface area contributed by atoms with E-state index in [2.05, 4.69) is 0 Å². The van der Waals surface area contributed by atoms with E-state index in [1.54, 1.807) is 7.11 Å². The highest BCUT2D eigenvalue weighted by Crippen LogP contribution is 2.19. The average molecular weight is 207 g/mol. The Morgan fingerprint density at radius 3 is 2.67 bits per heavy atom. The molecule has 1 aromatic carbocycles. The summed E-state index contributed by atoms with van der Waals surface area (Å²) in [6, 6.07) is 5.44. The number of nitrogens with two attached hydrogens (primary N) is 1. The molecule has 0 aliphatic rings. The van der Waals surface area contributed by atoms with Crippen molar-refractivity contribution in [2.75, 3.05) is 7.11 Å². The molecule has 1 aromatic rings. The van der Waals surface area contributed by atoms with Gasteiger partial charge in [0.25, 0.3) is 0 Å². The zero-order valence-corrected chi connectivity index (χ0v) is 9.41. The van der Waals surface area contributed by atoms with Gasteiger partial charge in [0, 0.05) is 0 Å². The molecule has 1 atom stereocenters. The van der Waals surface area contributed by atoms with Crippen LogP contribution in [-0.4, -0.2) is 18.9 Å². The summed E-state index contributed by atoms with van der Waals surface area (Å²) in [5.74, 6) is 0.874. The Labute approximate surface area is 90.2 Å². The number of methoxy groups -OCH3 is 1. The molecule has 2 N–H and O–H groups in total. The van der Waals surface area contributed by atoms with Crippen molar-refractivity contribution in [2.24, 2.45) is 5.73 Å². The lowest BCUT2D eigenvalue weighted by Gasteiger charge is -2.10. The van der Waals surface area contributed by atoms with E-state index in [-0.39, 0.29) is 5.78 Å². The normalized spacial score (nSPS) is 12.3. The van der Waals surface area contributed by atoms with Crippen LogP contribution in [-0.2, 0) is 11.2 Å². The summed E-state index contributed by atoms with van der Waals surface area (Å²) in [4.78, 5) is 11.0. The van der Waals surface area contributed by atoms with E-state index < -0.39 is 6.04 Å². The Bertz CT molecular complexity index is 361. The van der Waals surface area contributed by atoms with Gasteiger partial charge in [-0.1, -0.05) is 12.1 Å². The van der Waals surface area contributed by atoms with E-state index in [0.29, 0.717) is 6.42 Å². The molecular weight excluding hydrogens is 190 g/mol. The van der Waals surface area contributed by atoms with Gasteiger partial charge < -0.3 is 10.5 Å². The highest BCUT2D eigenvalue weighted by Gasteiger charge is 2.09. The summed E-state index contributed by atoms with van der Waals surface area (Å²) < 4.78 is 5.15. The second kappa shape index (κ2) is 4.94. The van der Waals surface area contributed by atoms with Gasteiger partial charge in [0.15, 0.2) is 0 Å². The zero-order chi connectivity index (χ0) is 11.4. The van der Waals surface area contributed by atoms with Crippen molar-refractivity contribution >= 4 is 5.78 Å². The molecule has 0 radical (unpaired) electrons. The van der Waals surface area contributed by atoms with Gasteiger partial charge in [-0.3, -0.25) is 4.79 Å². The van der Waals surface area contributed by atoms with Crippen LogP contribution in [0, 0.1) is 6.92 Å². The predicted octanol–water partition coefficient (Wildman–Crippen LogP) is 1.46. The second-order valence-electron chi connectivity index (χ2n) is 3.73. The van der Waals surface area contributed by atoms with Crippen LogP contribution in [0.4, 0.5) is 0 Å². The molecule has 0 saturated heterocycles. The molecule has 82 valence electrons. The number of benzene rings is 1. The topological polar surface area (TPSA) is 52.3 Å². The van der Waals surface area contributed by atoms with Crippen LogP contribution in [0.15, 0.2) is 18.2 Å². The molecule has 0 amide bonds. The van der Waals surface area contributed by atoms with Crippen molar-refractivity contribution in [3.63, 3.8) is 0 Å². The molecule has 0 unspecified atom stereocenters. The molecule has 3 nitrogen and oxygen atoms in total. The first-order valence-electron chi connectivity index (χ1n) is 4.94. The molecule has 0 aliphatic heterocycles.